The predicted molar refractivity (Wildman–Crippen MR) is 122 cm³/mol. The zero-order valence-corrected chi connectivity index (χ0v) is 18.0. The molecule has 0 aliphatic rings. The van der Waals surface area contributed by atoms with Gasteiger partial charge in [-0.1, -0.05) is 72.8 Å². The Hall–Kier alpha value is -3.60. The summed E-state index contributed by atoms with van der Waals surface area (Å²) in [6.45, 7) is 0.334. The lowest BCUT2D eigenvalue weighted by atomic mass is 10.0. The van der Waals surface area contributed by atoms with Gasteiger partial charge in [0, 0.05) is 20.0 Å². The fourth-order valence-electron chi connectivity index (χ4n) is 3.52. The zero-order valence-electron chi connectivity index (χ0n) is 18.0. The van der Waals surface area contributed by atoms with Crippen LogP contribution in [0.4, 0.5) is 0 Å². The second-order valence-electron chi connectivity index (χ2n) is 7.35. The van der Waals surface area contributed by atoms with Crippen molar-refractivity contribution in [2.75, 3.05) is 14.2 Å². The first kappa shape index (κ1) is 22.1. The maximum atomic E-state index is 13.4. The molecule has 0 heterocycles. The van der Waals surface area contributed by atoms with Crippen molar-refractivity contribution in [3.05, 3.63) is 102 Å². The molecule has 2 amide bonds. The highest BCUT2D eigenvalue weighted by atomic mass is 16.5. The van der Waals surface area contributed by atoms with E-state index in [9.17, 15) is 9.59 Å². The van der Waals surface area contributed by atoms with Gasteiger partial charge >= 0.3 is 0 Å². The molecule has 5 heteroatoms. The highest BCUT2D eigenvalue weighted by Crippen LogP contribution is 2.18. The van der Waals surface area contributed by atoms with Crippen molar-refractivity contribution in [1.82, 2.24) is 10.2 Å². The standard InChI is InChI=1S/C26H28N2O3/c1-27-26(30)24(17-20-9-5-3-6-10-20)28(19-22-13-15-23(31-2)16-14-22)25(29)18-21-11-7-4-8-12-21/h3-16,24H,17-19H2,1-2H3,(H,27,30)/t24-/m1/s1. The predicted octanol–water partition coefficient (Wildman–Crippen LogP) is 3.62. The van der Waals surface area contributed by atoms with Crippen LogP contribution in [-0.4, -0.2) is 36.9 Å². The molecule has 160 valence electrons. The highest BCUT2D eigenvalue weighted by Gasteiger charge is 2.29. The SMILES string of the molecule is CNC(=O)[C@@H](Cc1ccccc1)N(Cc1ccc(OC)cc1)C(=O)Cc1ccccc1. The van der Waals surface area contributed by atoms with Crippen LogP contribution < -0.4 is 10.1 Å². The topological polar surface area (TPSA) is 58.6 Å². The van der Waals surface area contributed by atoms with Gasteiger partial charge < -0.3 is 15.0 Å². The minimum absolute atomic E-state index is 0.0912. The Labute approximate surface area is 183 Å². The minimum atomic E-state index is -0.620. The molecule has 1 N–H and O–H groups in total. The minimum Gasteiger partial charge on any atom is -0.497 e. The van der Waals surface area contributed by atoms with Gasteiger partial charge in [-0.05, 0) is 28.8 Å². The van der Waals surface area contributed by atoms with Gasteiger partial charge in [-0.3, -0.25) is 9.59 Å². The molecule has 0 fully saturated rings. The number of carbonyl (C=O) groups excluding carboxylic acids is 2. The summed E-state index contributed by atoms with van der Waals surface area (Å²) in [6.07, 6.45) is 0.677. The molecule has 0 saturated heterocycles. The lowest BCUT2D eigenvalue weighted by Crippen LogP contribution is -2.50. The van der Waals surface area contributed by atoms with Crippen LogP contribution in [0, 0.1) is 0 Å². The Morgan fingerprint density at radius 2 is 1.42 bits per heavy atom. The van der Waals surface area contributed by atoms with Gasteiger partial charge in [-0.15, -0.1) is 0 Å². The molecule has 0 saturated carbocycles. The summed E-state index contributed by atoms with van der Waals surface area (Å²) in [7, 11) is 3.22. The van der Waals surface area contributed by atoms with E-state index in [2.05, 4.69) is 5.32 Å². The van der Waals surface area contributed by atoms with Gasteiger partial charge in [-0.25, -0.2) is 0 Å². The third-order valence-corrected chi connectivity index (χ3v) is 5.23. The van der Waals surface area contributed by atoms with Crippen LogP contribution in [0.5, 0.6) is 5.75 Å². The van der Waals surface area contributed by atoms with E-state index in [0.29, 0.717) is 13.0 Å². The van der Waals surface area contributed by atoms with Gasteiger partial charge in [0.25, 0.3) is 0 Å². The molecule has 5 nitrogen and oxygen atoms in total. The Morgan fingerprint density at radius 1 is 0.839 bits per heavy atom. The molecule has 3 aromatic carbocycles. The first-order valence-electron chi connectivity index (χ1n) is 10.3. The Balaban J connectivity index is 1.91. The smallest absolute Gasteiger partial charge is 0.242 e. The number of carbonyl (C=O) groups is 2. The number of amides is 2. The third kappa shape index (κ3) is 6.19. The molecule has 0 aromatic heterocycles. The van der Waals surface area contributed by atoms with E-state index in [1.54, 1.807) is 19.1 Å². The van der Waals surface area contributed by atoms with Crippen molar-refractivity contribution in [3.8, 4) is 5.75 Å². The summed E-state index contributed by atoms with van der Waals surface area (Å²) in [6, 6.07) is 26.3. The maximum absolute atomic E-state index is 13.4. The lowest BCUT2D eigenvalue weighted by Gasteiger charge is -2.31. The molecular formula is C26H28N2O3. The van der Waals surface area contributed by atoms with Crippen molar-refractivity contribution in [1.29, 1.82) is 0 Å². The fraction of sp³-hybridized carbons (Fsp3) is 0.231. The number of nitrogens with one attached hydrogen (secondary N) is 1. The van der Waals surface area contributed by atoms with Crippen molar-refractivity contribution < 1.29 is 14.3 Å². The number of rotatable bonds is 9. The Morgan fingerprint density at radius 3 is 1.97 bits per heavy atom. The fourth-order valence-corrected chi connectivity index (χ4v) is 3.52. The summed E-state index contributed by atoms with van der Waals surface area (Å²) in [4.78, 5) is 28.0. The number of benzene rings is 3. The summed E-state index contributed by atoms with van der Waals surface area (Å²) in [5.74, 6) is 0.475. The van der Waals surface area contributed by atoms with Crippen molar-refractivity contribution >= 4 is 11.8 Å². The Kier molecular flexibility index (Phi) is 7.82. The molecule has 0 spiro atoms. The third-order valence-electron chi connectivity index (χ3n) is 5.23. The average molecular weight is 417 g/mol. The van der Waals surface area contributed by atoms with E-state index in [0.717, 1.165) is 22.4 Å². The number of ether oxygens (including phenoxy) is 1. The van der Waals surface area contributed by atoms with Gasteiger partial charge in [0.15, 0.2) is 0 Å². The maximum Gasteiger partial charge on any atom is 0.242 e. The van der Waals surface area contributed by atoms with Gasteiger partial charge in [0.2, 0.25) is 11.8 Å². The summed E-state index contributed by atoms with van der Waals surface area (Å²) >= 11 is 0. The zero-order chi connectivity index (χ0) is 22.1. The van der Waals surface area contributed by atoms with E-state index in [1.807, 2.05) is 84.9 Å². The molecular weight excluding hydrogens is 388 g/mol. The van der Waals surface area contributed by atoms with Gasteiger partial charge in [0.05, 0.1) is 13.5 Å². The monoisotopic (exact) mass is 416 g/mol. The van der Waals surface area contributed by atoms with Crippen LogP contribution in [0.25, 0.3) is 0 Å². The summed E-state index contributed by atoms with van der Waals surface area (Å²) in [5.41, 5.74) is 2.86. The number of methoxy groups -OCH3 is 1. The van der Waals surface area contributed by atoms with Gasteiger partial charge in [0.1, 0.15) is 11.8 Å². The number of hydrogen-bond acceptors (Lipinski definition) is 3. The van der Waals surface area contributed by atoms with Crippen molar-refractivity contribution in [2.45, 2.75) is 25.4 Å². The quantitative estimate of drug-likeness (QED) is 0.580. The van der Waals surface area contributed by atoms with E-state index in [-0.39, 0.29) is 18.2 Å². The molecule has 0 aliphatic heterocycles. The first-order chi connectivity index (χ1) is 15.1. The summed E-state index contributed by atoms with van der Waals surface area (Å²) in [5, 5.41) is 2.74. The van der Waals surface area contributed by atoms with Crippen molar-refractivity contribution in [2.24, 2.45) is 0 Å². The summed E-state index contributed by atoms with van der Waals surface area (Å²) < 4.78 is 5.24. The molecule has 3 rings (SSSR count). The number of hydrogen-bond donors (Lipinski definition) is 1. The van der Waals surface area contributed by atoms with Crippen LogP contribution in [0.15, 0.2) is 84.9 Å². The van der Waals surface area contributed by atoms with Crippen molar-refractivity contribution in [3.63, 3.8) is 0 Å². The van der Waals surface area contributed by atoms with Crippen LogP contribution in [-0.2, 0) is 29.0 Å². The van der Waals surface area contributed by atoms with Gasteiger partial charge in [-0.2, -0.15) is 0 Å². The van der Waals surface area contributed by atoms with Crippen LogP contribution in [0.2, 0.25) is 0 Å². The molecule has 1 atom stereocenters. The molecule has 3 aromatic rings. The van der Waals surface area contributed by atoms with E-state index in [1.165, 1.54) is 0 Å². The molecule has 31 heavy (non-hydrogen) atoms. The van der Waals surface area contributed by atoms with E-state index in [4.69, 9.17) is 4.74 Å². The average Bonchev–Trinajstić information content (AvgIpc) is 2.82. The van der Waals surface area contributed by atoms with E-state index >= 15 is 0 Å². The Bertz CT molecular complexity index is 973. The lowest BCUT2D eigenvalue weighted by molar-refractivity contribution is -0.140. The largest absolute Gasteiger partial charge is 0.497 e. The second-order valence-corrected chi connectivity index (χ2v) is 7.35. The number of likely N-dealkylation sites (N-methyl/N-ethyl adjacent to an activating group) is 1. The molecule has 0 unspecified atom stereocenters. The second kappa shape index (κ2) is 11.0. The normalized spacial score (nSPS) is 11.4. The molecule has 0 radical (unpaired) electrons. The van der Waals surface area contributed by atoms with Crippen LogP contribution in [0.3, 0.4) is 0 Å². The molecule has 0 aliphatic carbocycles. The van der Waals surface area contributed by atoms with Crippen LogP contribution >= 0.6 is 0 Å². The molecule has 0 bridgehead atoms. The highest BCUT2D eigenvalue weighted by molar-refractivity contribution is 5.88. The first-order valence-corrected chi connectivity index (χ1v) is 10.3. The van der Waals surface area contributed by atoms with Crippen LogP contribution in [0.1, 0.15) is 16.7 Å². The number of nitrogens with zero attached hydrogens (tertiary/aromatic N) is 1. The van der Waals surface area contributed by atoms with E-state index < -0.39 is 6.04 Å².